The number of carbonyl (C=O) groups is 1. The van der Waals surface area contributed by atoms with Crippen molar-refractivity contribution in [1.29, 1.82) is 0 Å². The van der Waals surface area contributed by atoms with Gasteiger partial charge in [-0.3, -0.25) is 5.32 Å². The molecule has 0 saturated carbocycles. The van der Waals surface area contributed by atoms with Crippen LogP contribution in [0.3, 0.4) is 0 Å². The summed E-state index contributed by atoms with van der Waals surface area (Å²) in [6.45, 7) is 0. The van der Waals surface area contributed by atoms with Gasteiger partial charge in [0, 0.05) is 5.69 Å². The van der Waals surface area contributed by atoms with E-state index in [4.69, 9.17) is 32.0 Å². The van der Waals surface area contributed by atoms with Crippen molar-refractivity contribution in [1.82, 2.24) is 10.2 Å². The SMILES string of the molecule is O=C(Nc1ccc(Cl)c(Cl)c1)Nc1nnc(-c2ccco2)o1. The van der Waals surface area contributed by atoms with Gasteiger partial charge in [0.1, 0.15) is 0 Å². The zero-order valence-corrected chi connectivity index (χ0v) is 12.4. The minimum Gasteiger partial charge on any atom is -0.459 e. The van der Waals surface area contributed by atoms with Crippen LogP contribution in [-0.2, 0) is 0 Å². The van der Waals surface area contributed by atoms with Gasteiger partial charge in [0.25, 0.3) is 5.89 Å². The van der Waals surface area contributed by atoms with Gasteiger partial charge >= 0.3 is 12.0 Å². The van der Waals surface area contributed by atoms with Gasteiger partial charge in [0.2, 0.25) is 0 Å². The molecule has 112 valence electrons. The Kier molecular flexibility index (Phi) is 3.99. The highest BCUT2D eigenvalue weighted by molar-refractivity contribution is 6.42. The van der Waals surface area contributed by atoms with Gasteiger partial charge in [0.05, 0.1) is 16.3 Å². The third kappa shape index (κ3) is 3.21. The van der Waals surface area contributed by atoms with E-state index in [0.29, 0.717) is 21.5 Å². The van der Waals surface area contributed by atoms with Gasteiger partial charge in [-0.05, 0) is 30.3 Å². The molecule has 2 aromatic heterocycles. The molecule has 2 N–H and O–H groups in total. The van der Waals surface area contributed by atoms with Crippen LogP contribution in [0.5, 0.6) is 0 Å². The lowest BCUT2D eigenvalue weighted by Gasteiger charge is -2.05. The summed E-state index contributed by atoms with van der Waals surface area (Å²) in [6, 6.07) is 7.41. The highest BCUT2D eigenvalue weighted by atomic mass is 35.5. The van der Waals surface area contributed by atoms with Crippen LogP contribution in [0.25, 0.3) is 11.7 Å². The molecule has 0 saturated heterocycles. The third-order valence-corrected chi connectivity index (χ3v) is 3.29. The van der Waals surface area contributed by atoms with Gasteiger partial charge in [-0.15, -0.1) is 5.10 Å². The second kappa shape index (κ2) is 6.08. The summed E-state index contributed by atoms with van der Waals surface area (Å²) in [7, 11) is 0. The van der Waals surface area contributed by atoms with E-state index in [9.17, 15) is 4.79 Å². The van der Waals surface area contributed by atoms with Gasteiger partial charge < -0.3 is 14.2 Å². The Morgan fingerprint density at radius 1 is 1.09 bits per heavy atom. The molecule has 0 fully saturated rings. The summed E-state index contributed by atoms with van der Waals surface area (Å²) in [5, 5.41) is 13.1. The molecule has 0 atom stereocenters. The normalized spacial score (nSPS) is 10.5. The Bertz CT molecular complexity index is 801. The monoisotopic (exact) mass is 338 g/mol. The fourth-order valence-electron chi connectivity index (χ4n) is 1.61. The number of nitrogens with zero attached hydrogens (tertiary/aromatic N) is 2. The van der Waals surface area contributed by atoms with Crippen LogP contribution in [0, 0.1) is 0 Å². The average Bonchev–Trinajstić information content (AvgIpc) is 3.13. The number of amides is 2. The highest BCUT2D eigenvalue weighted by Crippen LogP contribution is 2.25. The number of carbonyl (C=O) groups excluding carboxylic acids is 1. The highest BCUT2D eigenvalue weighted by Gasteiger charge is 2.13. The number of nitrogens with one attached hydrogen (secondary N) is 2. The molecule has 0 radical (unpaired) electrons. The maximum Gasteiger partial charge on any atom is 0.327 e. The number of hydrogen-bond donors (Lipinski definition) is 2. The van der Waals surface area contributed by atoms with E-state index in [1.807, 2.05) is 0 Å². The molecule has 2 heterocycles. The van der Waals surface area contributed by atoms with Crippen LogP contribution in [0.1, 0.15) is 0 Å². The lowest BCUT2D eigenvalue weighted by Crippen LogP contribution is -2.19. The van der Waals surface area contributed by atoms with E-state index in [1.165, 1.54) is 12.3 Å². The number of hydrogen-bond acceptors (Lipinski definition) is 5. The predicted octanol–water partition coefficient (Wildman–Crippen LogP) is 4.28. The molecule has 7 nitrogen and oxygen atoms in total. The van der Waals surface area contributed by atoms with Crippen LogP contribution in [0.15, 0.2) is 45.4 Å². The average molecular weight is 339 g/mol. The first kappa shape index (κ1) is 14.4. The standard InChI is InChI=1S/C13H8Cl2N4O3/c14-8-4-3-7(6-9(8)15)16-12(20)17-13-19-18-11(22-13)10-2-1-5-21-10/h1-6H,(H2,16,17,19,20). The lowest BCUT2D eigenvalue weighted by molar-refractivity contribution is 0.261. The molecule has 3 rings (SSSR count). The molecule has 1 aromatic carbocycles. The van der Waals surface area contributed by atoms with Crippen molar-refractivity contribution in [3.8, 4) is 11.7 Å². The smallest absolute Gasteiger partial charge is 0.327 e. The van der Waals surface area contributed by atoms with E-state index in [2.05, 4.69) is 20.8 Å². The van der Waals surface area contributed by atoms with Crippen LogP contribution < -0.4 is 10.6 Å². The number of furan rings is 1. The number of rotatable bonds is 3. The molecule has 9 heteroatoms. The van der Waals surface area contributed by atoms with Crippen molar-refractivity contribution in [2.24, 2.45) is 0 Å². The Morgan fingerprint density at radius 2 is 1.95 bits per heavy atom. The van der Waals surface area contributed by atoms with Crippen LogP contribution >= 0.6 is 23.2 Å². The zero-order chi connectivity index (χ0) is 15.5. The first-order valence-corrected chi connectivity index (χ1v) is 6.78. The second-order valence-corrected chi connectivity index (χ2v) is 4.91. The van der Waals surface area contributed by atoms with E-state index in [1.54, 1.807) is 24.3 Å². The van der Waals surface area contributed by atoms with Gasteiger partial charge in [0.15, 0.2) is 5.76 Å². The molecule has 0 unspecified atom stereocenters. The topological polar surface area (TPSA) is 93.2 Å². The lowest BCUT2D eigenvalue weighted by atomic mass is 10.3. The predicted molar refractivity (Wildman–Crippen MR) is 81.1 cm³/mol. The largest absolute Gasteiger partial charge is 0.459 e. The molecule has 0 aliphatic heterocycles. The van der Waals surface area contributed by atoms with E-state index >= 15 is 0 Å². The second-order valence-electron chi connectivity index (χ2n) is 4.10. The molecule has 3 aromatic rings. The van der Waals surface area contributed by atoms with Crippen molar-refractivity contribution in [2.75, 3.05) is 10.6 Å². The quantitative estimate of drug-likeness (QED) is 0.743. The van der Waals surface area contributed by atoms with Crippen LogP contribution in [0.4, 0.5) is 16.5 Å². The van der Waals surface area contributed by atoms with Gasteiger partial charge in [-0.2, -0.15) is 0 Å². The Balaban J connectivity index is 1.65. The molecular formula is C13H8Cl2N4O3. The summed E-state index contributed by atoms with van der Waals surface area (Å²) >= 11 is 11.7. The van der Waals surface area contributed by atoms with Crippen molar-refractivity contribution in [3.63, 3.8) is 0 Å². The third-order valence-electron chi connectivity index (χ3n) is 2.55. The number of aromatic nitrogens is 2. The Hall–Kier alpha value is -2.51. The van der Waals surface area contributed by atoms with E-state index in [0.717, 1.165) is 0 Å². The van der Waals surface area contributed by atoms with Crippen molar-refractivity contribution < 1.29 is 13.6 Å². The molecule has 0 bridgehead atoms. The molecular weight excluding hydrogens is 331 g/mol. The number of anilines is 2. The fourth-order valence-corrected chi connectivity index (χ4v) is 1.91. The molecule has 2 amide bonds. The summed E-state index contributed by atoms with van der Waals surface area (Å²) in [5.74, 6) is 0.570. The summed E-state index contributed by atoms with van der Waals surface area (Å²) in [5.41, 5.74) is 0.470. The maximum absolute atomic E-state index is 11.8. The van der Waals surface area contributed by atoms with Crippen molar-refractivity contribution in [3.05, 3.63) is 46.6 Å². The summed E-state index contributed by atoms with van der Waals surface area (Å²) < 4.78 is 10.4. The van der Waals surface area contributed by atoms with Gasteiger partial charge in [-0.25, -0.2) is 4.79 Å². The van der Waals surface area contributed by atoms with Crippen molar-refractivity contribution in [2.45, 2.75) is 0 Å². The summed E-state index contributed by atoms with van der Waals surface area (Å²) in [4.78, 5) is 11.8. The molecule has 22 heavy (non-hydrogen) atoms. The Labute approximate surface area is 134 Å². The molecule has 0 aliphatic rings. The van der Waals surface area contributed by atoms with Crippen molar-refractivity contribution >= 4 is 40.9 Å². The minimum atomic E-state index is -0.562. The Morgan fingerprint density at radius 3 is 2.68 bits per heavy atom. The first-order chi connectivity index (χ1) is 10.6. The number of urea groups is 1. The first-order valence-electron chi connectivity index (χ1n) is 6.02. The van der Waals surface area contributed by atoms with Crippen LogP contribution in [-0.4, -0.2) is 16.2 Å². The number of benzene rings is 1. The zero-order valence-electron chi connectivity index (χ0n) is 10.8. The minimum absolute atomic E-state index is 0.0658. The van der Waals surface area contributed by atoms with E-state index < -0.39 is 6.03 Å². The van der Waals surface area contributed by atoms with E-state index in [-0.39, 0.29) is 11.9 Å². The maximum atomic E-state index is 11.8. The van der Waals surface area contributed by atoms with Gasteiger partial charge in [-0.1, -0.05) is 28.3 Å². The summed E-state index contributed by atoms with van der Waals surface area (Å²) in [6.07, 6.45) is 1.48. The molecule has 0 aliphatic carbocycles. The fraction of sp³-hybridized carbons (Fsp3) is 0. The molecule has 0 spiro atoms. The van der Waals surface area contributed by atoms with Crippen LogP contribution in [0.2, 0.25) is 10.0 Å². The number of halogens is 2.